The van der Waals surface area contributed by atoms with Crippen LogP contribution in [0.3, 0.4) is 0 Å². The number of carbonyl (C=O) groups is 2. The van der Waals surface area contributed by atoms with Crippen molar-refractivity contribution in [3.8, 4) is 11.5 Å². The third kappa shape index (κ3) is 6.05. The van der Waals surface area contributed by atoms with Crippen LogP contribution in [0.4, 0.5) is 21.9 Å². The number of amides is 3. The summed E-state index contributed by atoms with van der Waals surface area (Å²) in [5.74, 6) is 0.776. The van der Waals surface area contributed by atoms with E-state index in [2.05, 4.69) is 21.2 Å². The molecule has 0 spiro atoms. The highest BCUT2D eigenvalue weighted by molar-refractivity contribution is 7.80. The van der Waals surface area contributed by atoms with Crippen LogP contribution in [0.5, 0.6) is 11.5 Å². The normalized spacial score (nSPS) is 12.5. The van der Waals surface area contributed by atoms with Gasteiger partial charge in [0.25, 0.3) is 5.91 Å². The van der Waals surface area contributed by atoms with E-state index < -0.39 is 6.03 Å². The van der Waals surface area contributed by atoms with Crippen molar-refractivity contribution in [2.45, 2.75) is 0 Å². The molecule has 0 aliphatic carbocycles. The largest absolute Gasteiger partial charge is 0.497 e. The highest BCUT2D eigenvalue weighted by Gasteiger charge is 2.29. The van der Waals surface area contributed by atoms with Gasteiger partial charge in [0.15, 0.2) is 11.7 Å². The minimum atomic E-state index is -0.546. The van der Waals surface area contributed by atoms with Crippen LogP contribution < -0.4 is 30.4 Å². The van der Waals surface area contributed by atoms with Crippen molar-refractivity contribution >= 4 is 64.1 Å². The Morgan fingerprint density at radius 2 is 1.80 bits per heavy atom. The van der Waals surface area contributed by atoms with Gasteiger partial charge in [-0.1, -0.05) is 23.7 Å². The van der Waals surface area contributed by atoms with Gasteiger partial charge in [0, 0.05) is 22.5 Å². The van der Waals surface area contributed by atoms with Crippen LogP contribution in [-0.2, 0) is 4.79 Å². The van der Waals surface area contributed by atoms with Crippen molar-refractivity contribution < 1.29 is 19.1 Å². The zero-order valence-corrected chi connectivity index (χ0v) is 20.0. The molecule has 178 valence electrons. The Kier molecular flexibility index (Phi) is 7.44. The second-order valence-electron chi connectivity index (χ2n) is 7.23. The van der Waals surface area contributed by atoms with Gasteiger partial charge in [-0.05, 0) is 66.3 Å². The Morgan fingerprint density at radius 3 is 2.51 bits per heavy atom. The Morgan fingerprint density at radius 1 is 1.09 bits per heavy atom. The van der Waals surface area contributed by atoms with E-state index in [1.807, 2.05) is 0 Å². The van der Waals surface area contributed by atoms with Crippen molar-refractivity contribution in [1.29, 1.82) is 0 Å². The van der Waals surface area contributed by atoms with Gasteiger partial charge >= 0.3 is 6.03 Å². The van der Waals surface area contributed by atoms with E-state index in [0.29, 0.717) is 33.6 Å². The number of nitrogens with zero attached hydrogens (tertiary/aromatic N) is 2. The molecular weight excluding hydrogens is 490 g/mol. The Hall–Kier alpha value is -4.15. The van der Waals surface area contributed by atoms with E-state index in [0.717, 1.165) is 5.56 Å². The van der Waals surface area contributed by atoms with Gasteiger partial charge in [-0.2, -0.15) is 5.10 Å². The van der Waals surface area contributed by atoms with Crippen molar-refractivity contribution in [2.24, 2.45) is 5.10 Å². The van der Waals surface area contributed by atoms with Gasteiger partial charge in [-0.3, -0.25) is 9.69 Å². The van der Waals surface area contributed by atoms with Crippen LogP contribution in [0, 0.1) is 0 Å². The molecule has 0 aromatic heterocycles. The molecule has 3 aromatic rings. The molecule has 0 radical (unpaired) electrons. The fourth-order valence-corrected chi connectivity index (χ4v) is 3.62. The van der Waals surface area contributed by atoms with Crippen molar-refractivity contribution in [3.05, 3.63) is 77.3 Å². The topological polar surface area (TPSA) is 104 Å². The molecule has 0 saturated heterocycles. The van der Waals surface area contributed by atoms with Crippen LogP contribution in [0.25, 0.3) is 0 Å². The number of halogens is 1. The summed E-state index contributed by atoms with van der Waals surface area (Å²) in [5.41, 5.74) is 4.77. The predicted octanol–water partition coefficient (Wildman–Crippen LogP) is 4.63. The highest BCUT2D eigenvalue weighted by atomic mass is 35.5. The van der Waals surface area contributed by atoms with Gasteiger partial charge < -0.3 is 20.1 Å². The number of anilines is 3. The summed E-state index contributed by atoms with van der Waals surface area (Å²) in [4.78, 5) is 26.1. The number of rotatable bonds is 5. The van der Waals surface area contributed by atoms with E-state index in [9.17, 15) is 9.59 Å². The third-order valence-electron chi connectivity index (χ3n) is 4.85. The molecule has 0 unspecified atom stereocenters. The number of carbonyl (C=O) groups excluding carboxylic acids is 2. The number of thiocarbonyl (C=S) groups is 1. The number of ether oxygens (including phenoxy) is 2. The first kappa shape index (κ1) is 24.0. The summed E-state index contributed by atoms with van der Waals surface area (Å²) < 4.78 is 10.7. The maximum atomic E-state index is 12.6. The van der Waals surface area contributed by atoms with E-state index in [4.69, 9.17) is 33.3 Å². The number of nitrogens with one attached hydrogen (secondary N) is 3. The minimum absolute atomic E-state index is 0.194. The molecule has 3 N–H and O–H groups in total. The van der Waals surface area contributed by atoms with Crippen LogP contribution in [0.2, 0.25) is 5.02 Å². The van der Waals surface area contributed by atoms with Gasteiger partial charge in [0.05, 0.1) is 19.0 Å². The Bertz CT molecular complexity index is 1280. The standard InChI is InChI=1S/C24H20ClN5O4S/c1-33-19-9-6-17(7-10-19)28-24(35)30-20-11-8-18(12-21(20)34-14-22(30)31)27-23(32)29-26-13-15-2-4-16(25)5-3-15/h2-13H,14H2,1H3,(H,28,35)(H2,27,29,32)/b26-13+. The molecule has 3 aromatic carbocycles. The molecule has 4 rings (SSSR count). The smallest absolute Gasteiger partial charge is 0.339 e. The molecule has 0 fully saturated rings. The van der Waals surface area contributed by atoms with Crippen LogP contribution in [-0.4, -0.2) is 37.0 Å². The minimum Gasteiger partial charge on any atom is -0.497 e. The lowest BCUT2D eigenvalue weighted by atomic mass is 10.2. The van der Waals surface area contributed by atoms with Gasteiger partial charge in [0.1, 0.15) is 11.5 Å². The number of hydrogen-bond acceptors (Lipinski definition) is 6. The molecule has 3 amide bonds. The van der Waals surface area contributed by atoms with E-state index >= 15 is 0 Å². The number of hydrazone groups is 1. The zero-order chi connectivity index (χ0) is 24.8. The lowest BCUT2D eigenvalue weighted by Gasteiger charge is -2.30. The third-order valence-corrected chi connectivity index (χ3v) is 5.39. The Labute approximate surface area is 211 Å². The first-order valence-corrected chi connectivity index (χ1v) is 11.1. The molecule has 0 bridgehead atoms. The number of benzene rings is 3. The summed E-state index contributed by atoms with van der Waals surface area (Å²) in [5, 5.41) is 10.4. The van der Waals surface area contributed by atoms with E-state index in [1.165, 1.54) is 11.1 Å². The number of urea groups is 1. The zero-order valence-electron chi connectivity index (χ0n) is 18.4. The molecule has 0 saturated carbocycles. The lowest BCUT2D eigenvalue weighted by Crippen LogP contribution is -2.45. The van der Waals surface area contributed by atoms with E-state index in [1.54, 1.807) is 73.8 Å². The number of fused-ring (bicyclic) bond motifs is 1. The number of hydrogen-bond donors (Lipinski definition) is 3. The molecule has 1 heterocycles. The average molecular weight is 510 g/mol. The lowest BCUT2D eigenvalue weighted by molar-refractivity contribution is -0.120. The summed E-state index contributed by atoms with van der Waals surface area (Å²) in [6.45, 7) is -0.196. The summed E-state index contributed by atoms with van der Waals surface area (Å²) in [6, 6.07) is 18.5. The maximum absolute atomic E-state index is 12.6. The number of methoxy groups -OCH3 is 1. The van der Waals surface area contributed by atoms with Gasteiger partial charge in [-0.15, -0.1) is 0 Å². The maximum Gasteiger partial charge on any atom is 0.339 e. The molecule has 1 aliphatic rings. The van der Waals surface area contributed by atoms with Crippen LogP contribution >= 0.6 is 23.8 Å². The summed E-state index contributed by atoms with van der Waals surface area (Å²) in [7, 11) is 1.58. The van der Waals surface area contributed by atoms with Crippen LogP contribution in [0.1, 0.15) is 5.56 Å². The average Bonchev–Trinajstić information content (AvgIpc) is 2.85. The predicted molar refractivity (Wildman–Crippen MR) is 140 cm³/mol. The van der Waals surface area contributed by atoms with E-state index in [-0.39, 0.29) is 17.6 Å². The summed E-state index contributed by atoms with van der Waals surface area (Å²) in [6.07, 6.45) is 1.49. The highest BCUT2D eigenvalue weighted by Crippen LogP contribution is 2.35. The fourth-order valence-electron chi connectivity index (χ4n) is 3.18. The molecule has 35 heavy (non-hydrogen) atoms. The van der Waals surface area contributed by atoms with Gasteiger partial charge in [-0.25, -0.2) is 10.2 Å². The van der Waals surface area contributed by atoms with Crippen LogP contribution in [0.15, 0.2) is 71.8 Å². The Balaban J connectivity index is 1.41. The second kappa shape index (κ2) is 10.9. The van der Waals surface area contributed by atoms with Crippen molar-refractivity contribution in [1.82, 2.24) is 5.43 Å². The van der Waals surface area contributed by atoms with Crippen molar-refractivity contribution in [2.75, 3.05) is 29.3 Å². The fraction of sp³-hybridized carbons (Fsp3) is 0.0833. The molecule has 0 atom stereocenters. The second-order valence-corrected chi connectivity index (χ2v) is 8.06. The SMILES string of the molecule is COc1ccc(NC(=S)N2C(=O)COc3cc(NC(=O)N/N=C/c4ccc(Cl)cc4)ccc32)cc1. The van der Waals surface area contributed by atoms with Gasteiger partial charge in [0.2, 0.25) is 0 Å². The monoisotopic (exact) mass is 509 g/mol. The molecule has 1 aliphatic heterocycles. The molecular formula is C24H20ClN5O4S. The quantitative estimate of drug-likeness (QED) is 0.263. The summed E-state index contributed by atoms with van der Waals surface area (Å²) >= 11 is 11.3. The first-order chi connectivity index (χ1) is 16.9. The van der Waals surface area contributed by atoms with Crippen molar-refractivity contribution in [3.63, 3.8) is 0 Å². The molecule has 11 heteroatoms. The molecule has 9 nitrogen and oxygen atoms in total. The first-order valence-electron chi connectivity index (χ1n) is 10.3.